The fourth-order valence-electron chi connectivity index (χ4n) is 1.52. The van der Waals surface area contributed by atoms with Crippen molar-refractivity contribution in [3.63, 3.8) is 0 Å². The fraction of sp³-hybridized carbons (Fsp3) is 0.538. The molecule has 0 aromatic heterocycles. The maximum atomic E-state index is 9.28. The van der Waals surface area contributed by atoms with Gasteiger partial charge in [-0.15, -0.1) is 0 Å². The van der Waals surface area contributed by atoms with Crippen molar-refractivity contribution in [2.24, 2.45) is 5.92 Å². The summed E-state index contributed by atoms with van der Waals surface area (Å²) in [4.78, 5) is 0. The Morgan fingerprint density at radius 3 is 2.40 bits per heavy atom. The van der Waals surface area contributed by atoms with Gasteiger partial charge in [0.15, 0.2) is 0 Å². The summed E-state index contributed by atoms with van der Waals surface area (Å²) < 4.78 is 0. The molecule has 2 nitrogen and oxygen atoms in total. The predicted molar refractivity (Wildman–Crippen MR) is 63.7 cm³/mol. The molecule has 15 heavy (non-hydrogen) atoms. The summed E-state index contributed by atoms with van der Waals surface area (Å²) in [5.41, 5.74) is 1.16. The first-order valence-electron chi connectivity index (χ1n) is 5.63. The van der Waals surface area contributed by atoms with E-state index in [-0.39, 0.29) is 12.6 Å². The average Bonchev–Trinajstić information content (AvgIpc) is 2.25. The first-order chi connectivity index (χ1) is 7.24. The number of nitrogens with one attached hydrogen (secondary N) is 1. The molecule has 0 saturated carbocycles. The molecule has 0 aliphatic heterocycles. The fourth-order valence-corrected chi connectivity index (χ4v) is 1.52. The molecule has 0 radical (unpaired) electrons. The van der Waals surface area contributed by atoms with Gasteiger partial charge in [0.05, 0.1) is 12.6 Å². The largest absolute Gasteiger partial charge is 0.394 e. The van der Waals surface area contributed by atoms with Gasteiger partial charge in [-0.05, 0) is 24.4 Å². The van der Waals surface area contributed by atoms with Crippen molar-refractivity contribution < 1.29 is 5.11 Å². The minimum Gasteiger partial charge on any atom is -0.394 e. The van der Waals surface area contributed by atoms with Crippen LogP contribution in [-0.2, 0) is 0 Å². The highest BCUT2D eigenvalue weighted by Gasteiger charge is 2.08. The molecule has 0 unspecified atom stereocenters. The topological polar surface area (TPSA) is 32.3 Å². The SMILES string of the molecule is CC(C)CCN[C@@H](CO)c1ccccc1. The average molecular weight is 207 g/mol. The van der Waals surface area contributed by atoms with Crippen LogP contribution in [0.15, 0.2) is 30.3 Å². The summed E-state index contributed by atoms with van der Waals surface area (Å²) in [6.45, 7) is 5.52. The van der Waals surface area contributed by atoms with Gasteiger partial charge in [-0.3, -0.25) is 0 Å². The van der Waals surface area contributed by atoms with Crippen LogP contribution in [0.4, 0.5) is 0 Å². The molecule has 0 heterocycles. The third-order valence-corrected chi connectivity index (χ3v) is 2.50. The van der Waals surface area contributed by atoms with Crippen LogP contribution in [-0.4, -0.2) is 18.3 Å². The highest BCUT2D eigenvalue weighted by molar-refractivity contribution is 5.18. The van der Waals surface area contributed by atoms with Crippen molar-refractivity contribution in [1.29, 1.82) is 0 Å². The van der Waals surface area contributed by atoms with Crippen LogP contribution in [0.5, 0.6) is 0 Å². The summed E-state index contributed by atoms with van der Waals surface area (Å²) in [6, 6.07) is 10.2. The summed E-state index contributed by atoms with van der Waals surface area (Å²) in [7, 11) is 0. The van der Waals surface area contributed by atoms with E-state index in [2.05, 4.69) is 19.2 Å². The van der Waals surface area contributed by atoms with Gasteiger partial charge < -0.3 is 10.4 Å². The van der Waals surface area contributed by atoms with Crippen LogP contribution in [0, 0.1) is 5.92 Å². The van der Waals surface area contributed by atoms with Gasteiger partial charge in [0, 0.05) is 0 Å². The maximum absolute atomic E-state index is 9.28. The molecule has 1 rings (SSSR count). The molecule has 2 heteroatoms. The minimum absolute atomic E-state index is 0.0740. The molecule has 0 amide bonds. The lowest BCUT2D eigenvalue weighted by Gasteiger charge is -2.17. The van der Waals surface area contributed by atoms with E-state index in [0.717, 1.165) is 18.5 Å². The van der Waals surface area contributed by atoms with E-state index in [1.54, 1.807) is 0 Å². The number of hydrogen-bond donors (Lipinski definition) is 2. The second-order valence-electron chi connectivity index (χ2n) is 4.28. The van der Waals surface area contributed by atoms with E-state index in [1.807, 2.05) is 30.3 Å². The third-order valence-electron chi connectivity index (χ3n) is 2.50. The van der Waals surface area contributed by atoms with Crippen LogP contribution in [0.25, 0.3) is 0 Å². The molecular weight excluding hydrogens is 186 g/mol. The lowest BCUT2D eigenvalue weighted by molar-refractivity contribution is 0.243. The van der Waals surface area contributed by atoms with Crippen molar-refractivity contribution in [2.75, 3.05) is 13.2 Å². The van der Waals surface area contributed by atoms with E-state index >= 15 is 0 Å². The third kappa shape index (κ3) is 4.45. The summed E-state index contributed by atoms with van der Waals surface area (Å²) >= 11 is 0. The molecular formula is C13H21NO. The summed E-state index contributed by atoms with van der Waals surface area (Å²) in [6.07, 6.45) is 1.14. The van der Waals surface area contributed by atoms with Gasteiger partial charge in [-0.2, -0.15) is 0 Å². The molecule has 1 atom stereocenters. The molecule has 1 aromatic rings. The first-order valence-corrected chi connectivity index (χ1v) is 5.63. The van der Waals surface area contributed by atoms with Gasteiger partial charge in [-0.1, -0.05) is 44.2 Å². The van der Waals surface area contributed by atoms with E-state index in [9.17, 15) is 5.11 Å². The van der Waals surface area contributed by atoms with Crippen molar-refractivity contribution in [3.05, 3.63) is 35.9 Å². The Hall–Kier alpha value is -0.860. The quantitative estimate of drug-likeness (QED) is 0.750. The Morgan fingerprint density at radius 1 is 1.20 bits per heavy atom. The Labute approximate surface area is 92.3 Å². The minimum atomic E-state index is 0.0740. The van der Waals surface area contributed by atoms with Crippen LogP contribution in [0.2, 0.25) is 0 Å². The highest BCUT2D eigenvalue weighted by atomic mass is 16.3. The molecule has 84 valence electrons. The molecule has 0 fully saturated rings. The van der Waals surface area contributed by atoms with Gasteiger partial charge >= 0.3 is 0 Å². The summed E-state index contributed by atoms with van der Waals surface area (Å²) in [5.74, 6) is 0.701. The van der Waals surface area contributed by atoms with E-state index in [0.29, 0.717) is 5.92 Å². The van der Waals surface area contributed by atoms with Crippen molar-refractivity contribution in [3.8, 4) is 0 Å². The monoisotopic (exact) mass is 207 g/mol. The first kappa shape index (κ1) is 12.2. The second kappa shape index (κ2) is 6.59. The van der Waals surface area contributed by atoms with Crippen LogP contribution < -0.4 is 5.32 Å². The number of aliphatic hydroxyl groups excluding tert-OH is 1. The lowest BCUT2D eigenvalue weighted by atomic mass is 10.1. The van der Waals surface area contributed by atoms with Gasteiger partial charge in [0.1, 0.15) is 0 Å². The zero-order valence-electron chi connectivity index (χ0n) is 9.61. The number of hydrogen-bond acceptors (Lipinski definition) is 2. The van der Waals surface area contributed by atoms with Crippen LogP contribution in [0.3, 0.4) is 0 Å². The summed E-state index contributed by atoms with van der Waals surface area (Å²) in [5, 5.41) is 12.6. The molecule has 1 aromatic carbocycles. The molecule has 0 spiro atoms. The van der Waals surface area contributed by atoms with Crippen molar-refractivity contribution in [2.45, 2.75) is 26.3 Å². The molecule has 2 N–H and O–H groups in total. The van der Waals surface area contributed by atoms with E-state index < -0.39 is 0 Å². The van der Waals surface area contributed by atoms with Crippen LogP contribution >= 0.6 is 0 Å². The Kier molecular flexibility index (Phi) is 5.37. The number of rotatable bonds is 6. The van der Waals surface area contributed by atoms with Crippen molar-refractivity contribution >= 4 is 0 Å². The van der Waals surface area contributed by atoms with Crippen molar-refractivity contribution in [1.82, 2.24) is 5.32 Å². The van der Waals surface area contributed by atoms with E-state index in [1.165, 1.54) is 0 Å². The Balaban J connectivity index is 2.43. The molecule has 0 aliphatic carbocycles. The van der Waals surface area contributed by atoms with Gasteiger partial charge in [-0.25, -0.2) is 0 Å². The maximum Gasteiger partial charge on any atom is 0.0626 e. The molecule has 0 saturated heterocycles. The number of aliphatic hydroxyl groups is 1. The second-order valence-corrected chi connectivity index (χ2v) is 4.28. The Bertz CT molecular complexity index is 258. The Morgan fingerprint density at radius 2 is 1.87 bits per heavy atom. The highest BCUT2D eigenvalue weighted by Crippen LogP contribution is 2.11. The van der Waals surface area contributed by atoms with Gasteiger partial charge in [0.2, 0.25) is 0 Å². The number of benzene rings is 1. The predicted octanol–water partition coefficient (Wildman–Crippen LogP) is 2.36. The normalized spacial score (nSPS) is 13.1. The van der Waals surface area contributed by atoms with Crippen LogP contribution in [0.1, 0.15) is 31.9 Å². The van der Waals surface area contributed by atoms with E-state index in [4.69, 9.17) is 0 Å². The smallest absolute Gasteiger partial charge is 0.0626 e. The zero-order chi connectivity index (χ0) is 11.1. The lowest BCUT2D eigenvalue weighted by Crippen LogP contribution is -2.26. The standard InChI is InChI=1S/C13H21NO/c1-11(2)8-9-14-13(10-15)12-6-4-3-5-7-12/h3-7,11,13-15H,8-10H2,1-2H3/t13-/m0/s1. The zero-order valence-corrected chi connectivity index (χ0v) is 9.61. The molecule has 0 bridgehead atoms. The molecule has 0 aliphatic rings. The van der Waals surface area contributed by atoms with Gasteiger partial charge in [0.25, 0.3) is 0 Å².